The van der Waals surface area contributed by atoms with Crippen molar-refractivity contribution in [1.29, 1.82) is 0 Å². The van der Waals surface area contributed by atoms with E-state index < -0.39 is 17.1 Å². The van der Waals surface area contributed by atoms with Crippen LogP contribution < -0.4 is 9.77 Å². The number of hydrogen-bond donors (Lipinski definition) is 0. The Bertz CT molecular complexity index is 1390. The zero-order valence-corrected chi connectivity index (χ0v) is 21.2. The van der Waals surface area contributed by atoms with Crippen LogP contribution >= 0.6 is 34.7 Å². The van der Waals surface area contributed by atoms with E-state index in [1.54, 1.807) is 41.3 Å². The molecule has 12 heteroatoms. The van der Waals surface area contributed by atoms with Crippen molar-refractivity contribution in [2.24, 2.45) is 5.92 Å². The van der Waals surface area contributed by atoms with Gasteiger partial charge < -0.3 is 14.1 Å². The summed E-state index contributed by atoms with van der Waals surface area (Å²) in [5.41, 5.74) is 0.436. The normalized spacial score (nSPS) is 23.6. The molecule has 3 aliphatic heterocycles. The Hall–Kier alpha value is -2.86. The van der Waals surface area contributed by atoms with Crippen LogP contribution in [-0.2, 0) is 25.7 Å². The van der Waals surface area contributed by atoms with Crippen molar-refractivity contribution in [3.8, 4) is 0 Å². The molecule has 0 aliphatic carbocycles. The SMILES string of the molecule is O=C(Cn1c2c(sc1=O)[C@@H](c1ccco1)[C@@H]1C(=O)N(c3ccc(Cl)cc3)C(=O)[C@@H]1S2)N1CCOCC1. The third-order valence-electron chi connectivity index (χ3n) is 6.64. The number of halogens is 1. The fraction of sp³-hybridized carbons (Fsp3) is 0.333. The maximum Gasteiger partial charge on any atom is 0.308 e. The second-order valence-electron chi connectivity index (χ2n) is 8.66. The minimum Gasteiger partial charge on any atom is -0.469 e. The van der Waals surface area contributed by atoms with Crippen LogP contribution in [0.4, 0.5) is 5.69 Å². The van der Waals surface area contributed by atoms with E-state index in [0.29, 0.717) is 52.7 Å². The molecule has 3 aliphatic rings. The number of anilines is 1. The number of fused-ring (bicyclic) bond motifs is 2. The lowest BCUT2D eigenvalue weighted by atomic mass is 9.87. The zero-order valence-electron chi connectivity index (χ0n) is 18.8. The van der Waals surface area contributed by atoms with E-state index in [2.05, 4.69) is 0 Å². The highest BCUT2D eigenvalue weighted by molar-refractivity contribution is 8.00. The Labute approximate surface area is 218 Å². The van der Waals surface area contributed by atoms with Gasteiger partial charge in [-0.1, -0.05) is 34.7 Å². The van der Waals surface area contributed by atoms with Gasteiger partial charge in [0.25, 0.3) is 0 Å². The van der Waals surface area contributed by atoms with Crippen LogP contribution in [0.5, 0.6) is 0 Å². The maximum absolute atomic E-state index is 13.7. The highest BCUT2D eigenvalue weighted by Gasteiger charge is 2.57. The predicted octanol–water partition coefficient (Wildman–Crippen LogP) is 2.81. The van der Waals surface area contributed by atoms with Gasteiger partial charge in [0.2, 0.25) is 17.7 Å². The van der Waals surface area contributed by atoms with E-state index in [9.17, 15) is 19.2 Å². The maximum atomic E-state index is 13.7. The molecule has 0 bridgehead atoms. The summed E-state index contributed by atoms with van der Waals surface area (Å²) in [5, 5.41) is 0.261. The summed E-state index contributed by atoms with van der Waals surface area (Å²) in [5.74, 6) is -1.79. The monoisotopic (exact) mass is 545 g/mol. The zero-order chi connectivity index (χ0) is 25.0. The van der Waals surface area contributed by atoms with E-state index >= 15 is 0 Å². The molecular formula is C24H20ClN3O6S2. The molecule has 36 heavy (non-hydrogen) atoms. The lowest BCUT2D eigenvalue weighted by molar-refractivity contribution is -0.136. The van der Waals surface area contributed by atoms with Gasteiger partial charge in [-0.25, -0.2) is 4.90 Å². The molecule has 3 aromatic rings. The number of thiazole rings is 1. The lowest BCUT2D eigenvalue weighted by Crippen LogP contribution is -2.43. The number of rotatable bonds is 4. The van der Waals surface area contributed by atoms with Crippen LogP contribution in [0.2, 0.25) is 5.02 Å². The summed E-state index contributed by atoms with van der Waals surface area (Å²) in [4.78, 5) is 56.5. The smallest absolute Gasteiger partial charge is 0.308 e. The molecule has 186 valence electrons. The summed E-state index contributed by atoms with van der Waals surface area (Å²) in [7, 11) is 0. The molecule has 2 aromatic heterocycles. The third kappa shape index (κ3) is 3.81. The molecular weight excluding hydrogens is 526 g/mol. The molecule has 0 saturated carbocycles. The summed E-state index contributed by atoms with van der Waals surface area (Å²) in [6, 6.07) is 9.98. The Morgan fingerprint density at radius 1 is 1.06 bits per heavy atom. The minimum absolute atomic E-state index is 0.136. The number of furan rings is 1. The second kappa shape index (κ2) is 9.22. The van der Waals surface area contributed by atoms with E-state index in [4.69, 9.17) is 20.8 Å². The van der Waals surface area contributed by atoms with Gasteiger partial charge in [0.15, 0.2) is 0 Å². The summed E-state index contributed by atoms with van der Waals surface area (Å²) >= 11 is 8.18. The Morgan fingerprint density at radius 2 is 1.81 bits per heavy atom. The molecule has 0 unspecified atom stereocenters. The quantitative estimate of drug-likeness (QED) is 0.465. The first-order chi connectivity index (χ1) is 17.4. The first kappa shape index (κ1) is 23.5. The Morgan fingerprint density at radius 3 is 2.50 bits per heavy atom. The van der Waals surface area contributed by atoms with Gasteiger partial charge in [0.1, 0.15) is 17.6 Å². The number of hydrogen-bond acceptors (Lipinski definition) is 8. The molecule has 2 fully saturated rings. The highest BCUT2D eigenvalue weighted by Crippen LogP contribution is 2.53. The minimum atomic E-state index is -0.769. The molecule has 6 rings (SSSR count). The average Bonchev–Trinajstić information content (AvgIpc) is 3.58. The standard InChI is InChI=1S/C24H20ClN3O6S2/c25-13-3-5-14(6-4-13)28-21(30)18-17(15-2-1-9-34-15)20-23(35-19(18)22(28)31)27(24(32)36-20)12-16(29)26-7-10-33-11-8-26/h1-6,9,17-19H,7-8,10-12H2/t17-,18-,19+/m0/s1. The van der Waals surface area contributed by atoms with Crippen LogP contribution in [0, 0.1) is 5.92 Å². The number of ether oxygens (including phenoxy) is 1. The molecule has 2 saturated heterocycles. The highest BCUT2D eigenvalue weighted by atomic mass is 35.5. The van der Waals surface area contributed by atoms with Crippen molar-refractivity contribution in [3.05, 3.63) is 68.0 Å². The molecule has 9 nitrogen and oxygen atoms in total. The largest absolute Gasteiger partial charge is 0.469 e. The first-order valence-corrected chi connectivity index (χ1v) is 13.4. The molecule has 3 atom stereocenters. The van der Waals surface area contributed by atoms with E-state index in [1.807, 2.05) is 0 Å². The van der Waals surface area contributed by atoms with Crippen LogP contribution in [-0.4, -0.2) is 58.7 Å². The lowest BCUT2D eigenvalue weighted by Gasteiger charge is -2.30. The number of nitrogens with zero attached hydrogens (tertiary/aromatic N) is 3. The van der Waals surface area contributed by atoms with Crippen molar-refractivity contribution in [3.63, 3.8) is 0 Å². The van der Waals surface area contributed by atoms with E-state index in [-0.39, 0.29) is 29.1 Å². The topological polar surface area (TPSA) is 102 Å². The average molecular weight is 546 g/mol. The predicted molar refractivity (Wildman–Crippen MR) is 134 cm³/mol. The molecule has 5 heterocycles. The molecule has 1 aromatic carbocycles. The van der Waals surface area contributed by atoms with Gasteiger partial charge in [-0.05, 0) is 36.4 Å². The molecule has 0 N–H and O–H groups in total. The van der Waals surface area contributed by atoms with Crippen molar-refractivity contribution in [2.45, 2.75) is 22.7 Å². The van der Waals surface area contributed by atoms with E-state index in [0.717, 1.165) is 11.3 Å². The van der Waals surface area contributed by atoms with Crippen molar-refractivity contribution < 1.29 is 23.5 Å². The number of benzene rings is 1. The second-order valence-corrected chi connectivity index (χ2v) is 11.2. The van der Waals surface area contributed by atoms with Crippen molar-refractivity contribution in [2.75, 3.05) is 31.2 Å². The summed E-state index contributed by atoms with van der Waals surface area (Å²) in [6.45, 7) is 1.71. The third-order valence-corrected chi connectivity index (χ3v) is 9.50. The molecule has 0 spiro atoms. The number of carbonyl (C=O) groups excluding carboxylic acids is 3. The number of amides is 3. The fourth-order valence-corrected chi connectivity index (χ4v) is 7.80. The number of thioether (sulfide) groups is 1. The summed E-state index contributed by atoms with van der Waals surface area (Å²) in [6.07, 6.45) is 1.51. The first-order valence-electron chi connectivity index (χ1n) is 11.4. The van der Waals surface area contributed by atoms with Gasteiger partial charge in [-0.15, -0.1) is 0 Å². The summed E-state index contributed by atoms with van der Waals surface area (Å²) < 4.78 is 12.4. The number of imide groups is 1. The Kier molecular flexibility index (Phi) is 6.03. The van der Waals surface area contributed by atoms with Crippen molar-refractivity contribution in [1.82, 2.24) is 9.47 Å². The van der Waals surface area contributed by atoms with E-state index in [1.165, 1.54) is 27.5 Å². The van der Waals surface area contributed by atoms with Crippen LogP contribution in [0.3, 0.4) is 0 Å². The van der Waals surface area contributed by atoms with Crippen LogP contribution in [0.1, 0.15) is 16.6 Å². The number of carbonyl (C=O) groups is 3. The van der Waals surface area contributed by atoms with Gasteiger partial charge in [0.05, 0.1) is 46.9 Å². The van der Waals surface area contributed by atoms with Crippen molar-refractivity contribution >= 4 is 58.1 Å². The number of morpholine rings is 1. The van der Waals surface area contributed by atoms with Gasteiger partial charge in [-0.3, -0.25) is 23.7 Å². The Balaban J connectivity index is 1.41. The number of aromatic nitrogens is 1. The molecule has 3 amide bonds. The molecule has 0 radical (unpaired) electrons. The van der Waals surface area contributed by atoms with Crippen LogP contribution in [0.15, 0.2) is 56.9 Å². The fourth-order valence-electron chi connectivity index (χ4n) is 4.92. The van der Waals surface area contributed by atoms with Gasteiger partial charge in [0, 0.05) is 18.1 Å². The van der Waals surface area contributed by atoms with Gasteiger partial charge in [-0.2, -0.15) is 0 Å². The van der Waals surface area contributed by atoms with Crippen LogP contribution in [0.25, 0.3) is 0 Å². The van der Waals surface area contributed by atoms with Gasteiger partial charge >= 0.3 is 4.87 Å².